The molecule has 1 fully saturated rings. The number of aromatic amines is 1. The Morgan fingerprint density at radius 2 is 2.32 bits per heavy atom. The number of nitrogens with zero attached hydrogens (tertiary/aromatic N) is 3. The van der Waals surface area contributed by atoms with Crippen molar-refractivity contribution in [3.8, 4) is 0 Å². The predicted octanol–water partition coefficient (Wildman–Crippen LogP) is 1.75. The average molecular weight is 324 g/mol. The van der Waals surface area contributed by atoms with Gasteiger partial charge in [-0.05, 0) is 34.7 Å². The highest BCUT2D eigenvalue weighted by Gasteiger charge is 2.23. The second kappa shape index (κ2) is 5.16. The van der Waals surface area contributed by atoms with Gasteiger partial charge in [-0.15, -0.1) is 0 Å². The van der Waals surface area contributed by atoms with E-state index in [0.717, 1.165) is 12.1 Å². The van der Waals surface area contributed by atoms with Crippen molar-refractivity contribution < 1.29 is 0 Å². The molecular formula is C12H14BrN5O. The zero-order valence-corrected chi connectivity index (χ0v) is 11.9. The van der Waals surface area contributed by atoms with Crippen LogP contribution in [0.25, 0.3) is 0 Å². The van der Waals surface area contributed by atoms with Crippen LogP contribution in [0.5, 0.6) is 0 Å². The van der Waals surface area contributed by atoms with Crippen molar-refractivity contribution in [1.82, 2.24) is 20.0 Å². The summed E-state index contributed by atoms with van der Waals surface area (Å²) in [5.41, 5.74) is 1.65. The first-order valence-electron chi connectivity index (χ1n) is 6.21. The summed E-state index contributed by atoms with van der Waals surface area (Å²) in [6.45, 7) is 1.32. The predicted molar refractivity (Wildman–Crippen MR) is 74.8 cm³/mol. The van der Waals surface area contributed by atoms with Gasteiger partial charge in [0, 0.05) is 24.8 Å². The van der Waals surface area contributed by atoms with Crippen molar-refractivity contribution in [1.29, 1.82) is 0 Å². The molecule has 2 heterocycles. The second-order valence-electron chi connectivity index (χ2n) is 4.76. The van der Waals surface area contributed by atoms with E-state index in [4.69, 9.17) is 0 Å². The van der Waals surface area contributed by atoms with E-state index in [-0.39, 0.29) is 5.56 Å². The Labute approximate surface area is 118 Å². The first-order chi connectivity index (χ1) is 9.24. The lowest BCUT2D eigenvalue weighted by atomic mass is 10.3. The quantitative estimate of drug-likeness (QED) is 0.879. The molecule has 7 heteroatoms. The summed E-state index contributed by atoms with van der Waals surface area (Å²) in [6.07, 6.45) is 7.64. The van der Waals surface area contributed by atoms with Gasteiger partial charge in [0.15, 0.2) is 0 Å². The molecule has 2 aromatic heterocycles. The largest absolute Gasteiger partial charge is 0.378 e. The highest BCUT2D eigenvalue weighted by atomic mass is 79.9. The number of rotatable bonds is 5. The van der Waals surface area contributed by atoms with Crippen LogP contribution in [-0.4, -0.2) is 20.0 Å². The highest BCUT2D eigenvalue weighted by molar-refractivity contribution is 9.10. The molecule has 0 unspecified atom stereocenters. The number of anilines is 1. The van der Waals surface area contributed by atoms with Gasteiger partial charge in [0.05, 0.1) is 18.1 Å². The van der Waals surface area contributed by atoms with Crippen molar-refractivity contribution >= 4 is 21.6 Å². The van der Waals surface area contributed by atoms with E-state index in [0.29, 0.717) is 22.6 Å². The summed E-state index contributed by atoms with van der Waals surface area (Å²) in [7, 11) is 0. The van der Waals surface area contributed by atoms with E-state index in [1.54, 1.807) is 12.4 Å². The maximum Gasteiger partial charge on any atom is 0.283 e. The number of nitrogens with one attached hydrogen (secondary N) is 2. The van der Waals surface area contributed by atoms with Gasteiger partial charge in [0.25, 0.3) is 5.56 Å². The molecule has 1 aliphatic carbocycles. The smallest absolute Gasteiger partial charge is 0.283 e. The first kappa shape index (κ1) is 12.4. The van der Waals surface area contributed by atoms with Crippen LogP contribution in [0.15, 0.2) is 27.9 Å². The van der Waals surface area contributed by atoms with Crippen LogP contribution in [0.3, 0.4) is 0 Å². The van der Waals surface area contributed by atoms with Crippen LogP contribution in [0.1, 0.15) is 18.4 Å². The molecule has 0 aliphatic heterocycles. The fourth-order valence-corrected chi connectivity index (χ4v) is 2.28. The Balaban J connectivity index is 1.74. The second-order valence-corrected chi connectivity index (χ2v) is 5.56. The third-order valence-electron chi connectivity index (χ3n) is 3.15. The third-order valence-corrected chi connectivity index (χ3v) is 3.92. The zero-order chi connectivity index (χ0) is 13.2. The number of hydrogen-bond donors (Lipinski definition) is 2. The van der Waals surface area contributed by atoms with Crippen LogP contribution in [0.4, 0.5) is 5.69 Å². The van der Waals surface area contributed by atoms with Crippen LogP contribution in [-0.2, 0) is 13.1 Å². The van der Waals surface area contributed by atoms with Crippen molar-refractivity contribution in [3.63, 3.8) is 0 Å². The number of H-pyrrole nitrogens is 1. The van der Waals surface area contributed by atoms with Crippen molar-refractivity contribution in [2.75, 3.05) is 5.32 Å². The number of hydrogen-bond acceptors (Lipinski definition) is 4. The topological polar surface area (TPSA) is 75.6 Å². The molecule has 2 N–H and O–H groups in total. The van der Waals surface area contributed by atoms with Gasteiger partial charge < -0.3 is 5.32 Å². The third kappa shape index (κ3) is 2.86. The van der Waals surface area contributed by atoms with E-state index in [9.17, 15) is 4.79 Å². The average Bonchev–Trinajstić information content (AvgIpc) is 3.07. The molecule has 100 valence electrons. The van der Waals surface area contributed by atoms with Gasteiger partial charge in [-0.3, -0.25) is 9.89 Å². The Morgan fingerprint density at radius 1 is 1.47 bits per heavy atom. The standard InChI is InChI=1S/C12H14BrN5O/c13-11-10(14-3-9-4-15-16-5-9)6-17-18(12(11)19)7-8-1-2-8/h4-6,8,14H,1-3,7H2,(H,15,16). The molecule has 0 aromatic carbocycles. The van der Waals surface area contributed by atoms with Gasteiger partial charge in [-0.1, -0.05) is 0 Å². The molecule has 2 aromatic rings. The van der Waals surface area contributed by atoms with Crippen LogP contribution in [0.2, 0.25) is 0 Å². The minimum Gasteiger partial charge on any atom is -0.378 e. The monoisotopic (exact) mass is 323 g/mol. The molecule has 1 saturated carbocycles. The van der Waals surface area contributed by atoms with Gasteiger partial charge in [-0.25, -0.2) is 4.68 Å². The lowest BCUT2D eigenvalue weighted by molar-refractivity contribution is 0.532. The number of aromatic nitrogens is 4. The molecule has 6 nitrogen and oxygen atoms in total. The lowest BCUT2D eigenvalue weighted by Gasteiger charge is -2.09. The van der Waals surface area contributed by atoms with E-state index >= 15 is 0 Å². The fraction of sp³-hybridized carbons (Fsp3) is 0.417. The summed E-state index contributed by atoms with van der Waals surface area (Å²) in [6, 6.07) is 0. The lowest BCUT2D eigenvalue weighted by Crippen LogP contribution is -2.25. The van der Waals surface area contributed by atoms with E-state index in [2.05, 4.69) is 36.5 Å². The molecule has 0 amide bonds. The van der Waals surface area contributed by atoms with Crippen molar-refractivity contribution in [2.45, 2.75) is 25.9 Å². The molecule has 0 atom stereocenters. The maximum absolute atomic E-state index is 12.1. The molecule has 0 saturated heterocycles. The molecule has 1 aliphatic rings. The van der Waals surface area contributed by atoms with Gasteiger partial charge in [-0.2, -0.15) is 10.2 Å². The van der Waals surface area contributed by atoms with Crippen molar-refractivity contribution in [2.24, 2.45) is 5.92 Å². The molecule has 0 bridgehead atoms. The summed E-state index contributed by atoms with van der Waals surface area (Å²) < 4.78 is 2.07. The Bertz CT molecular complexity index is 618. The van der Waals surface area contributed by atoms with Gasteiger partial charge in [0.1, 0.15) is 4.47 Å². The van der Waals surface area contributed by atoms with Gasteiger partial charge in [0.2, 0.25) is 0 Å². The summed E-state index contributed by atoms with van der Waals surface area (Å²) in [4.78, 5) is 12.1. The summed E-state index contributed by atoms with van der Waals surface area (Å²) in [5.74, 6) is 0.627. The SMILES string of the molecule is O=c1c(Br)c(NCc2cn[nH]c2)cnn1CC1CC1. The van der Waals surface area contributed by atoms with Crippen LogP contribution in [0, 0.1) is 5.92 Å². The van der Waals surface area contributed by atoms with E-state index in [1.165, 1.54) is 17.5 Å². The normalized spacial score (nSPS) is 14.6. The Morgan fingerprint density at radius 3 is 3.00 bits per heavy atom. The van der Waals surface area contributed by atoms with Crippen LogP contribution < -0.4 is 10.9 Å². The zero-order valence-electron chi connectivity index (χ0n) is 10.3. The highest BCUT2D eigenvalue weighted by Crippen LogP contribution is 2.30. The van der Waals surface area contributed by atoms with E-state index in [1.807, 2.05) is 6.20 Å². The molecular weight excluding hydrogens is 310 g/mol. The van der Waals surface area contributed by atoms with E-state index < -0.39 is 0 Å². The minimum absolute atomic E-state index is 0.0795. The molecule has 3 rings (SSSR count). The summed E-state index contributed by atoms with van der Waals surface area (Å²) in [5, 5.41) is 14.0. The summed E-state index contributed by atoms with van der Waals surface area (Å²) >= 11 is 3.35. The molecule has 0 radical (unpaired) electrons. The Kier molecular flexibility index (Phi) is 3.37. The first-order valence-corrected chi connectivity index (χ1v) is 7.00. The van der Waals surface area contributed by atoms with Crippen LogP contribution >= 0.6 is 15.9 Å². The Hall–Kier alpha value is -1.63. The van der Waals surface area contributed by atoms with Crippen molar-refractivity contribution in [3.05, 3.63) is 39.0 Å². The minimum atomic E-state index is -0.0795. The number of halogens is 1. The fourth-order valence-electron chi connectivity index (χ4n) is 1.83. The molecule has 19 heavy (non-hydrogen) atoms. The van der Waals surface area contributed by atoms with Gasteiger partial charge >= 0.3 is 0 Å². The maximum atomic E-state index is 12.1. The molecule has 0 spiro atoms.